The van der Waals surface area contributed by atoms with Gasteiger partial charge in [0.15, 0.2) is 0 Å². The minimum absolute atomic E-state index is 0.181. The first-order valence-electron chi connectivity index (χ1n) is 6.66. The largest absolute Gasteiger partial charge is 0.493 e. The summed E-state index contributed by atoms with van der Waals surface area (Å²) in [6.07, 6.45) is 4.47. The average molecular weight is 236 g/mol. The van der Waals surface area contributed by atoms with Crippen LogP contribution < -0.4 is 4.74 Å². The smallest absolute Gasteiger partial charge is 0.122 e. The fraction of sp³-hybridized carbons (Fsp3) is 0.600. The number of para-hydroxylation sites is 1. The molecule has 0 fully saturated rings. The van der Waals surface area contributed by atoms with E-state index < -0.39 is 0 Å². The SMILES string of the molecule is CCCOc1ccccc1CCC(O)CCC. The van der Waals surface area contributed by atoms with Crippen LogP contribution >= 0.6 is 0 Å². The van der Waals surface area contributed by atoms with Crippen LogP contribution in [0.5, 0.6) is 5.75 Å². The van der Waals surface area contributed by atoms with Crippen molar-refractivity contribution in [1.82, 2.24) is 0 Å². The van der Waals surface area contributed by atoms with Crippen LogP contribution in [0.1, 0.15) is 45.1 Å². The highest BCUT2D eigenvalue weighted by Crippen LogP contribution is 2.20. The van der Waals surface area contributed by atoms with E-state index in [-0.39, 0.29) is 6.10 Å². The third-order valence-corrected chi connectivity index (χ3v) is 2.80. The summed E-state index contributed by atoms with van der Waals surface area (Å²) in [5.74, 6) is 0.970. The van der Waals surface area contributed by atoms with E-state index in [1.54, 1.807) is 0 Å². The van der Waals surface area contributed by atoms with Crippen molar-refractivity contribution in [2.75, 3.05) is 6.61 Å². The first kappa shape index (κ1) is 14.0. The van der Waals surface area contributed by atoms with Gasteiger partial charge in [-0.15, -0.1) is 0 Å². The lowest BCUT2D eigenvalue weighted by Crippen LogP contribution is -2.08. The van der Waals surface area contributed by atoms with Gasteiger partial charge in [0.1, 0.15) is 5.75 Å². The van der Waals surface area contributed by atoms with Gasteiger partial charge in [-0.25, -0.2) is 0 Å². The molecule has 96 valence electrons. The molecule has 0 aliphatic rings. The summed E-state index contributed by atoms with van der Waals surface area (Å²) in [4.78, 5) is 0. The van der Waals surface area contributed by atoms with Crippen LogP contribution in [0.3, 0.4) is 0 Å². The molecule has 1 rings (SSSR count). The Morgan fingerprint density at radius 2 is 1.88 bits per heavy atom. The van der Waals surface area contributed by atoms with Gasteiger partial charge in [-0.2, -0.15) is 0 Å². The van der Waals surface area contributed by atoms with E-state index in [0.717, 1.165) is 44.5 Å². The summed E-state index contributed by atoms with van der Waals surface area (Å²) in [6.45, 7) is 4.96. The lowest BCUT2D eigenvalue weighted by atomic mass is 10.0. The molecular weight excluding hydrogens is 212 g/mol. The van der Waals surface area contributed by atoms with Crippen LogP contribution in [-0.4, -0.2) is 17.8 Å². The third-order valence-electron chi connectivity index (χ3n) is 2.80. The Labute approximate surface area is 105 Å². The number of aryl methyl sites for hydroxylation is 1. The molecule has 0 aliphatic carbocycles. The average Bonchev–Trinajstić information content (AvgIpc) is 2.35. The van der Waals surface area contributed by atoms with E-state index in [1.807, 2.05) is 18.2 Å². The maximum Gasteiger partial charge on any atom is 0.122 e. The summed E-state index contributed by atoms with van der Waals surface area (Å²) in [5.41, 5.74) is 1.20. The van der Waals surface area contributed by atoms with Crippen molar-refractivity contribution in [2.24, 2.45) is 0 Å². The van der Waals surface area contributed by atoms with E-state index in [4.69, 9.17) is 4.74 Å². The maximum atomic E-state index is 9.74. The molecule has 0 aliphatic heterocycles. The first-order chi connectivity index (χ1) is 8.27. The van der Waals surface area contributed by atoms with Gasteiger partial charge in [-0.1, -0.05) is 38.5 Å². The van der Waals surface area contributed by atoms with Gasteiger partial charge in [0.2, 0.25) is 0 Å². The van der Waals surface area contributed by atoms with Gasteiger partial charge in [-0.05, 0) is 37.3 Å². The van der Waals surface area contributed by atoms with Crippen LogP contribution in [0.4, 0.5) is 0 Å². The van der Waals surface area contributed by atoms with Crippen molar-refractivity contribution in [1.29, 1.82) is 0 Å². The molecular formula is C15H24O2. The molecule has 1 aromatic carbocycles. The fourth-order valence-corrected chi connectivity index (χ4v) is 1.86. The maximum absolute atomic E-state index is 9.74. The number of benzene rings is 1. The van der Waals surface area contributed by atoms with Crippen molar-refractivity contribution in [3.8, 4) is 5.75 Å². The molecule has 1 atom stereocenters. The highest BCUT2D eigenvalue weighted by atomic mass is 16.5. The van der Waals surface area contributed by atoms with Crippen LogP contribution in [0, 0.1) is 0 Å². The second-order valence-electron chi connectivity index (χ2n) is 4.44. The van der Waals surface area contributed by atoms with Crippen LogP contribution in [0.15, 0.2) is 24.3 Å². The van der Waals surface area contributed by atoms with Crippen molar-refractivity contribution >= 4 is 0 Å². The summed E-state index contributed by atoms with van der Waals surface area (Å²) in [7, 11) is 0. The molecule has 1 unspecified atom stereocenters. The molecule has 0 saturated carbocycles. The summed E-state index contributed by atoms with van der Waals surface area (Å²) in [6, 6.07) is 8.12. The highest BCUT2D eigenvalue weighted by Gasteiger charge is 2.07. The third kappa shape index (κ3) is 5.22. The van der Waals surface area contributed by atoms with E-state index in [9.17, 15) is 5.11 Å². The van der Waals surface area contributed by atoms with Crippen LogP contribution in [0.25, 0.3) is 0 Å². The van der Waals surface area contributed by atoms with Gasteiger partial charge in [0, 0.05) is 0 Å². The molecule has 0 saturated heterocycles. The second-order valence-corrected chi connectivity index (χ2v) is 4.44. The van der Waals surface area contributed by atoms with Crippen molar-refractivity contribution < 1.29 is 9.84 Å². The number of aliphatic hydroxyl groups is 1. The number of rotatable bonds is 8. The fourth-order valence-electron chi connectivity index (χ4n) is 1.86. The number of hydrogen-bond donors (Lipinski definition) is 1. The minimum Gasteiger partial charge on any atom is -0.493 e. The number of ether oxygens (including phenoxy) is 1. The molecule has 2 nitrogen and oxygen atoms in total. The molecule has 0 amide bonds. The van der Waals surface area contributed by atoms with E-state index in [1.165, 1.54) is 5.56 Å². The zero-order valence-electron chi connectivity index (χ0n) is 11.0. The number of hydrogen-bond acceptors (Lipinski definition) is 2. The Balaban J connectivity index is 2.51. The van der Waals surface area contributed by atoms with Gasteiger partial charge in [-0.3, -0.25) is 0 Å². The van der Waals surface area contributed by atoms with E-state index in [2.05, 4.69) is 19.9 Å². The zero-order chi connectivity index (χ0) is 12.5. The molecule has 2 heteroatoms. The highest BCUT2D eigenvalue weighted by molar-refractivity contribution is 5.33. The molecule has 1 aromatic rings. The van der Waals surface area contributed by atoms with Crippen molar-refractivity contribution in [3.63, 3.8) is 0 Å². The molecule has 1 N–H and O–H groups in total. The molecule has 0 aromatic heterocycles. The van der Waals surface area contributed by atoms with E-state index >= 15 is 0 Å². The van der Waals surface area contributed by atoms with Crippen molar-refractivity contribution in [3.05, 3.63) is 29.8 Å². The van der Waals surface area contributed by atoms with Gasteiger partial charge < -0.3 is 9.84 Å². The molecule has 0 bridgehead atoms. The van der Waals surface area contributed by atoms with Gasteiger partial charge in [0.05, 0.1) is 12.7 Å². The topological polar surface area (TPSA) is 29.5 Å². The Bertz CT molecular complexity index is 310. The molecule has 17 heavy (non-hydrogen) atoms. The van der Waals surface area contributed by atoms with Crippen molar-refractivity contribution in [2.45, 2.75) is 52.1 Å². The molecule has 0 radical (unpaired) electrons. The predicted octanol–water partition coefficient (Wildman–Crippen LogP) is 3.57. The zero-order valence-corrected chi connectivity index (χ0v) is 11.0. The van der Waals surface area contributed by atoms with Gasteiger partial charge >= 0.3 is 0 Å². The van der Waals surface area contributed by atoms with Crippen LogP contribution in [-0.2, 0) is 6.42 Å². The molecule has 0 heterocycles. The normalized spacial score (nSPS) is 12.4. The monoisotopic (exact) mass is 236 g/mol. The van der Waals surface area contributed by atoms with E-state index in [0.29, 0.717) is 0 Å². The number of aliphatic hydroxyl groups excluding tert-OH is 1. The molecule has 0 spiro atoms. The lowest BCUT2D eigenvalue weighted by Gasteiger charge is -2.13. The standard InChI is InChI=1S/C15H24O2/c1-3-7-14(16)11-10-13-8-5-6-9-15(13)17-12-4-2/h5-6,8-9,14,16H,3-4,7,10-12H2,1-2H3. The van der Waals surface area contributed by atoms with Gasteiger partial charge in [0.25, 0.3) is 0 Å². The summed E-state index contributed by atoms with van der Waals surface area (Å²) < 4.78 is 5.70. The first-order valence-corrected chi connectivity index (χ1v) is 6.66. The van der Waals surface area contributed by atoms with Crippen LogP contribution in [0.2, 0.25) is 0 Å². The quantitative estimate of drug-likeness (QED) is 0.747. The predicted molar refractivity (Wildman–Crippen MR) is 71.5 cm³/mol. The Morgan fingerprint density at radius 1 is 1.12 bits per heavy atom. The lowest BCUT2D eigenvalue weighted by molar-refractivity contribution is 0.153. The summed E-state index contributed by atoms with van der Waals surface area (Å²) in [5, 5.41) is 9.74. The Hall–Kier alpha value is -1.02. The summed E-state index contributed by atoms with van der Waals surface area (Å²) >= 11 is 0. The second kappa shape index (κ2) is 8.13. The Morgan fingerprint density at radius 3 is 2.59 bits per heavy atom. The minimum atomic E-state index is -0.181. The Kier molecular flexibility index (Phi) is 6.71.